The first-order chi connectivity index (χ1) is 3.50. The van der Waals surface area contributed by atoms with Crippen LogP contribution in [0.25, 0.3) is 0 Å². The topological polar surface area (TPSA) is 0 Å². The van der Waals surface area contributed by atoms with E-state index in [9.17, 15) is 0 Å². The zero-order valence-corrected chi connectivity index (χ0v) is 9.71. The van der Waals surface area contributed by atoms with Crippen molar-refractivity contribution in [3.05, 3.63) is 5.92 Å². The monoisotopic (exact) mass is 136 g/mol. The van der Waals surface area contributed by atoms with E-state index >= 15 is 0 Å². The van der Waals surface area contributed by atoms with Gasteiger partial charge in [0.1, 0.15) is 0 Å². The molecule has 0 heterocycles. The second kappa shape index (κ2) is 4.76. The molecule has 0 aromatic carbocycles. The van der Waals surface area contributed by atoms with E-state index in [1.165, 1.54) is 12.3 Å². The van der Waals surface area contributed by atoms with Crippen LogP contribution in [0.4, 0.5) is 0 Å². The van der Waals surface area contributed by atoms with Crippen LogP contribution in [-0.4, -0.2) is 0 Å². The number of hydrogen-bond acceptors (Lipinski definition) is 0. The van der Waals surface area contributed by atoms with Crippen molar-refractivity contribution in [3.8, 4) is 0 Å². The molecule has 0 amide bonds. The Kier molecular flexibility index (Phi) is 6.69. The van der Waals surface area contributed by atoms with Gasteiger partial charge >= 0.3 is 29.6 Å². The third-order valence-electron chi connectivity index (χ3n) is 2.24. The largest absolute Gasteiger partial charge is 1.00 e. The smallest absolute Gasteiger partial charge is 0.314 e. The molecule has 0 aliphatic carbocycles. The molecule has 0 bridgehead atoms. The molecule has 0 radical (unpaired) electrons. The summed E-state index contributed by atoms with van der Waals surface area (Å²) in [5, 5.41) is 0. The zero-order chi connectivity index (χ0) is 6.78. The maximum absolute atomic E-state index is 2.28. The van der Waals surface area contributed by atoms with Crippen molar-refractivity contribution in [2.45, 2.75) is 41.0 Å². The molecule has 0 N–H and O–H groups in total. The van der Waals surface area contributed by atoms with Crippen LogP contribution < -0.4 is 29.6 Å². The van der Waals surface area contributed by atoms with Gasteiger partial charge in [-0.15, -0.1) is 0 Å². The molecule has 0 nitrogen and oxygen atoms in total. The summed E-state index contributed by atoms with van der Waals surface area (Å²) >= 11 is 0. The van der Waals surface area contributed by atoms with Gasteiger partial charge in [-0.1, -0.05) is 27.2 Å². The van der Waals surface area contributed by atoms with Gasteiger partial charge in [0.05, 0.1) is 0 Å². The number of hydrogen-bond donors (Lipinski definition) is 0. The molecule has 0 atom stereocenters. The van der Waals surface area contributed by atoms with Crippen LogP contribution in [0.5, 0.6) is 0 Å². The summed E-state index contributed by atoms with van der Waals surface area (Å²) in [5.41, 5.74) is 0.458. The summed E-state index contributed by atoms with van der Waals surface area (Å²) in [7, 11) is 0. The predicted octanol–water partition coefficient (Wildman–Crippen LogP) is 0.0409. The minimum atomic E-state index is 0. The third kappa shape index (κ3) is 4.41. The van der Waals surface area contributed by atoms with E-state index in [1.54, 1.807) is 0 Å². The predicted molar refractivity (Wildman–Crippen MR) is 38.7 cm³/mol. The van der Waals surface area contributed by atoms with E-state index in [0.717, 1.165) is 0 Å². The van der Waals surface area contributed by atoms with Crippen LogP contribution in [0.3, 0.4) is 0 Å². The molecule has 50 valence electrons. The molecule has 0 saturated heterocycles. The van der Waals surface area contributed by atoms with Crippen LogP contribution in [-0.2, 0) is 0 Å². The van der Waals surface area contributed by atoms with E-state index in [0.29, 0.717) is 5.41 Å². The van der Waals surface area contributed by atoms with Crippen LogP contribution in [0.2, 0.25) is 0 Å². The molecular formula is C8H17Na. The minimum absolute atomic E-state index is 0. The summed E-state index contributed by atoms with van der Waals surface area (Å²) in [6.45, 7) is 11.2. The average molecular weight is 136 g/mol. The molecule has 0 aromatic rings. The minimum Gasteiger partial charge on any atom is -0.314 e. The summed E-state index contributed by atoms with van der Waals surface area (Å²) in [6, 6.07) is 0. The van der Waals surface area contributed by atoms with Crippen molar-refractivity contribution < 1.29 is 29.6 Å². The molecule has 0 rings (SSSR count). The van der Waals surface area contributed by atoms with Gasteiger partial charge in [-0.25, -0.2) is 0 Å². The van der Waals surface area contributed by atoms with Crippen molar-refractivity contribution in [1.82, 2.24) is 0 Å². The SMILES string of the molecule is CCC(C)(C)[C-](C)C.[Na+]. The average Bonchev–Trinajstić information content (AvgIpc) is 1.67. The maximum atomic E-state index is 2.28. The summed E-state index contributed by atoms with van der Waals surface area (Å²) in [5.74, 6) is 1.53. The number of rotatable bonds is 2. The fourth-order valence-electron chi connectivity index (χ4n) is 0.354. The Balaban J connectivity index is 0. The normalized spacial score (nSPS) is 11.3. The van der Waals surface area contributed by atoms with Crippen LogP contribution >= 0.6 is 0 Å². The quantitative estimate of drug-likeness (QED) is 0.371. The summed E-state index contributed by atoms with van der Waals surface area (Å²) < 4.78 is 0. The van der Waals surface area contributed by atoms with Crippen LogP contribution in [0.15, 0.2) is 0 Å². The van der Waals surface area contributed by atoms with E-state index in [-0.39, 0.29) is 29.6 Å². The van der Waals surface area contributed by atoms with Gasteiger partial charge in [-0.2, -0.15) is 19.3 Å². The Bertz CT molecular complexity index is 65.0. The van der Waals surface area contributed by atoms with Gasteiger partial charge in [-0.3, -0.25) is 0 Å². The molecule has 0 saturated carbocycles. The van der Waals surface area contributed by atoms with Gasteiger partial charge in [0, 0.05) is 0 Å². The van der Waals surface area contributed by atoms with E-state index in [1.807, 2.05) is 0 Å². The first-order valence-electron chi connectivity index (χ1n) is 3.31. The molecule has 0 aromatic heterocycles. The molecule has 0 aliphatic rings. The maximum Gasteiger partial charge on any atom is 1.00 e. The Hall–Kier alpha value is 1.00. The second-order valence-corrected chi connectivity index (χ2v) is 3.24. The van der Waals surface area contributed by atoms with Crippen LogP contribution in [0.1, 0.15) is 41.0 Å². The Morgan fingerprint density at radius 1 is 1.22 bits per heavy atom. The Morgan fingerprint density at radius 3 is 1.56 bits per heavy atom. The second-order valence-electron chi connectivity index (χ2n) is 3.24. The third-order valence-corrected chi connectivity index (χ3v) is 2.24. The molecule has 0 unspecified atom stereocenters. The van der Waals surface area contributed by atoms with Gasteiger partial charge in [0.2, 0.25) is 0 Å². The molecular weight excluding hydrogens is 119 g/mol. The van der Waals surface area contributed by atoms with Gasteiger partial charge in [0.25, 0.3) is 0 Å². The fraction of sp³-hybridized carbons (Fsp3) is 0.875. The molecule has 0 aliphatic heterocycles. The summed E-state index contributed by atoms with van der Waals surface area (Å²) in [4.78, 5) is 0. The van der Waals surface area contributed by atoms with Gasteiger partial charge in [0.15, 0.2) is 0 Å². The molecule has 0 spiro atoms. The zero-order valence-electron chi connectivity index (χ0n) is 7.71. The summed E-state index contributed by atoms with van der Waals surface area (Å²) in [6.07, 6.45) is 1.25. The van der Waals surface area contributed by atoms with Gasteiger partial charge < -0.3 is 5.92 Å². The molecule has 0 fully saturated rings. The standard InChI is InChI=1S/C8H17.Na/c1-6-8(4,5)7(2)3;/h6H2,1-5H3;/q-1;+1. The molecule has 1 heteroatoms. The first-order valence-corrected chi connectivity index (χ1v) is 3.31. The van der Waals surface area contributed by atoms with Crippen molar-refractivity contribution in [2.24, 2.45) is 5.41 Å². The fourth-order valence-corrected chi connectivity index (χ4v) is 0.354. The van der Waals surface area contributed by atoms with E-state index < -0.39 is 0 Å². The Morgan fingerprint density at radius 2 is 1.56 bits per heavy atom. The van der Waals surface area contributed by atoms with E-state index in [4.69, 9.17) is 0 Å². The van der Waals surface area contributed by atoms with Gasteiger partial charge in [-0.05, 0) is 0 Å². The molecule has 9 heavy (non-hydrogen) atoms. The van der Waals surface area contributed by atoms with Crippen molar-refractivity contribution in [1.29, 1.82) is 0 Å². The van der Waals surface area contributed by atoms with Crippen molar-refractivity contribution in [2.75, 3.05) is 0 Å². The Labute approximate surface area is 81.7 Å². The first kappa shape index (κ1) is 12.7. The van der Waals surface area contributed by atoms with Crippen molar-refractivity contribution in [3.63, 3.8) is 0 Å². The van der Waals surface area contributed by atoms with Crippen LogP contribution in [0, 0.1) is 11.3 Å². The van der Waals surface area contributed by atoms with Crippen molar-refractivity contribution >= 4 is 0 Å². The van der Waals surface area contributed by atoms with E-state index in [2.05, 4.69) is 34.6 Å².